The number of benzene rings is 1. The van der Waals surface area contributed by atoms with Gasteiger partial charge < -0.3 is 16.4 Å². The van der Waals surface area contributed by atoms with Crippen LogP contribution >= 0.6 is 0 Å². The van der Waals surface area contributed by atoms with Crippen molar-refractivity contribution in [2.75, 3.05) is 30.8 Å². The highest BCUT2D eigenvalue weighted by Crippen LogP contribution is 2.29. The van der Waals surface area contributed by atoms with E-state index in [1.807, 2.05) is 4.90 Å². The number of alkyl halides is 1. The van der Waals surface area contributed by atoms with Gasteiger partial charge in [0.05, 0.1) is 11.4 Å². The van der Waals surface area contributed by atoms with Crippen LogP contribution in [0.3, 0.4) is 0 Å². The van der Waals surface area contributed by atoms with Crippen LogP contribution in [0.4, 0.5) is 20.3 Å². The van der Waals surface area contributed by atoms with Crippen LogP contribution in [0.2, 0.25) is 0 Å². The number of nitrogens with zero attached hydrogens (tertiary/aromatic N) is 5. The summed E-state index contributed by atoms with van der Waals surface area (Å²) < 4.78 is 28.6. The average Bonchev–Trinajstić information content (AvgIpc) is 2.78. The summed E-state index contributed by atoms with van der Waals surface area (Å²) in [5.74, 6) is -0.0779. The van der Waals surface area contributed by atoms with Gasteiger partial charge in [-0.15, -0.1) is 0 Å². The van der Waals surface area contributed by atoms with Gasteiger partial charge in [0, 0.05) is 73.8 Å². The van der Waals surface area contributed by atoms with Crippen molar-refractivity contribution < 1.29 is 8.78 Å². The molecule has 2 aromatic rings. The molecule has 0 unspecified atom stereocenters. The Labute approximate surface area is 178 Å². The maximum atomic E-state index is 14.5. The Balaban J connectivity index is 1.92. The summed E-state index contributed by atoms with van der Waals surface area (Å²) >= 11 is 0. The molecule has 5 N–H and O–H groups in total. The number of allylic oxidation sites excluding steroid dienone is 1. The summed E-state index contributed by atoms with van der Waals surface area (Å²) in [5.41, 5.74) is 10.8. The van der Waals surface area contributed by atoms with Crippen molar-refractivity contribution in [1.29, 1.82) is 10.7 Å². The maximum absolute atomic E-state index is 14.5. The number of halogens is 2. The second-order valence-corrected chi connectivity index (χ2v) is 7.13. The Hall–Kier alpha value is -3.87. The van der Waals surface area contributed by atoms with E-state index in [2.05, 4.69) is 15.0 Å². The number of nitrogens with two attached hydrogens (primary N) is 2. The molecule has 0 amide bonds. The Bertz CT molecular complexity index is 1100. The lowest BCUT2D eigenvalue weighted by Gasteiger charge is -2.33. The first kappa shape index (κ1) is 21.8. The smallest absolute Gasteiger partial charge is 0.199 e. The maximum Gasteiger partial charge on any atom is 0.199 e. The number of aromatic nitrogens is 2. The van der Waals surface area contributed by atoms with Crippen LogP contribution in [0.25, 0.3) is 5.57 Å². The molecule has 0 aliphatic carbocycles. The molecule has 1 aliphatic heterocycles. The molecule has 10 heteroatoms. The first-order valence-corrected chi connectivity index (χ1v) is 9.52. The Kier molecular flexibility index (Phi) is 6.25. The number of nitrogen functional groups attached to an aromatic ring is 1. The van der Waals surface area contributed by atoms with Gasteiger partial charge in [-0.3, -0.25) is 10.4 Å². The molecule has 8 nitrogen and oxygen atoms in total. The molecular formula is C21H22F2N8. The molecule has 31 heavy (non-hydrogen) atoms. The monoisotopic (exact) mass is 424 g/mol. The van der Waals surface area contributed by atoms with E-state index in [1.54, 1.807) is 12.1 Å². The minimum absolute atomic E-state index is 0.0268. The lowest BCUT2D eigenvalue weighted by atomic mass is 9.95. The zero-order chi connectivity index (χ0) is 22.6. The summed E-state index contributed by atoms with van der Waals surface area (Å²) in [6.07, 6.45) is 4.08. The number of piperidine rings is 1. The predicted octanol–water partition coefficient (Wildman–Crippen LogP) is 2.45. The fraction of sp³-hybridized carbons (Fsp3) is 0.286. The number of aliphatic imine (C=N–C) groups is 1. The van der Waals surface area contributed by atoms with E-state index in [1.165, 1.54) is 31.9 Å². The van der Waals surface area contributed by atoms with E-state index in [9.17, 15) is 8.78 Å². The predicted molar refractivity (Wildman–Crippen MR) is 116 cm³/mol. The van der Waals surface area contributed by atoms with Crippen molar-refractivity contribution in [3.05, 3.63) is 53.4 Å². The van der Waals surface area contributed by atoms with Gasteiger partial charge in [-0.25, -0.2) is 18.7 Å². The van der Waals surface area contributed by atoms with Crippen molar-refractivity contribution >= 4 is 29.0 Å². The molecule has 160 valence electrons. The van der Waals surface area contributed by atoms with E-state index in [0.717, 1.165) is 6.07 Å². The third-order valence-corrected chi connectivity index (χ3v) is 5.16. The molecule has 1 aromatic carbocycles. The topological polar surface area (TPSA) is 141 Å². The number of rotatable bonds is 5. The second-order valence-electron chi connectivity index (χ2n) is 7.13. The summed E-state index contributed by atoms with van der Waals surface area (Å²) in [4.78, 5) is 14.1. The van der Waals surface area contributed by atoms with Gasteiger partial charge >= 0.3 is 0 Å². The third-order valence-electron chi connectivity index (χ3n) is 5.16. The fourth-order valence-electron chi connectivity index (χ4n) is 3.36. The summed E-state index contributed by atoms with van der Waals surface area (Å²) in [5, 5.41) is 17.5. The standard InChI is InChI=1S/C21H22F2N8/c1-28-10-13(9-24)14-6-15(17(26)7-16(14)22)20(27)18-8-19(30-12-29-18)31-4-2-21(23,11-25)3-5-31/h6-10,12,27H,2-5,24,26H2,1H3. The third kappa shape index (κ3) is 4.50. The van der Waals surface area contributed by atoms with Gasteiger partial charge in [-0.05, 0) is 12.1 Å². The number of nitrogens with one attached hydrogen (secondary N) is 1. The molecule has 1 saturated heterocycles. The van der Waals surface area contributed by atoms with Crippen molar-refractivity contribution in [1.82, 2.24) is 9.97 Å². The van der Waals surface area contributed by atoms with Crippen LogP contribution < -0.4 is 16.4 Å². The van der Waals surface area contributed by atoms with Gasteiger partial charge in [0.25, 0.3) is 0 Å². The quantitative estimate of drug-likeness (QED) is 0.497. The minimum atomic E-state index is -1.83. The number of hydrogen-bond acceptors (Lipinski definition) is 8. The molecule has 0 atom stereocenters. The molecule has 3 rings (SSSR count). The largest absolute Gasteiger partial charge is 0.404 e. The number of anilines is 2. The van der Waals surface area contributed by atoms with Crippen molar-refractivity contribution in [3.8, 4) is 6.07 Å². The highest BCUT2D eigenvalue weighted by Gasteiger charge is 2.35. The second kappa shape index (κ2) is 8.87. The van der Waals surface area contributed by atoms with E-state index < -0.39 is 11.5 Å². The molecule has 0 bridgehead atoms. The minimum Gasteiger partial charge on any atom is -0.404 e. The first-order chi connectivity index (χ1) is 14.8. The van der Waals surface area contributed by atoms with E-state index >= 15 is 0 Å². The highest BCUT2D eigenvalue weighted by atomic mass is 19.1. The van der Waals surface area contributed by atoms with Crippen LogP contribution in [-0.4, -0.2) is 47.7 Å². The Morgan fingerprint density at radius 1 is 1.29 bits per heavy atom. The van der Waals surface area contributed by atoms with Crippen LogP contribution in [0.5, 0.6) is 0 Å². The molecule has 1 aliphatic rings. The fourth-order valence-corrected chi connectivity index (χ4v) is 3.36. The zero-order valence-electron chi connectivity index (χ0n) is 16.9. The van der Waals surface area contributed by atoms with Gasteiger partial charge in [0.2, 0.25) is 0 Å². The van der Waals surface area contributed by atoms with E-state index in [0.29, 0.717) is 24.5 Å². The lowest BCUT2D eigenvalue weighted by Crippen LogP contribution is -2.41. The molecule has 0 saturated carbocycles. The van der Waals surface area contributed by atoms with Crippen LogP contribution in [0.1, 0.15) is 29.7 Å². The highest BCUT2D eigenvalue weighted by molar-refractivity contribution is 6.15. The molecule has 1 fully saturated rings. The van der Waals surface area contributed by atoms with Gasteiger partial charge in [0.1, 0.15) is 24.0 Å². The number of hydrogen-bond donors (Lipinski definition) is 3. The molecule has 2 heterocycles. The molecule has 1 aromatic heterocycles. The normalized spacial score (nSPS) is 16.3. The van der Waals surface area contributed by atoms with Gasteiger partial charge in [-0.2, -0.15) is 5.26 Å². The lowest BCUT2D eigenvalue weighted by molar-refractivity contribution is 0.193. The van der Waals surface area contributed by atoms with Gasteiger partial charge in [-0.1, -0.05) is 0 Å². The van der Waals surface area contributed by atoms with Gasteiger partial charge in [0.15, 0.2) is 5.67 Å². The van der Waals surface area contributed by atoms with Crippen molar-refractivity contribution in [2.45, 2.75) is 18.5 Å². The summed E-state index contributed by atoms with van der Waals surface area (Å²) in [6, 6.07) is 5.87. The zero-order valence-corrected chi connectivity index (χ0v) is 16.9. The Morgan fingerprint density at radius 2 is 2.00 bits per heavy atom. The Morgan fingerprint density at radius 3 is 2.61 bits per heavy atom. The average molecular weight is 424 g/mol. The van der Waals surface area contributed by atoms with Crippen LogP contribution in [0, 0.1) is 22.6 Å². The molecule has 0 spiro atoms. The van der Waals surface area contributed by atoms with E-state index in [4.69, 9.17) is 22.1 Å². The summed E-state index contributed by atoms with van der Waals surface area (Å²) in [7, 11) is 1.54. The number of nitriles is 1. The van der Waals surface area contributed by atoms with Crippen molar-refractivity contribution in [3.63, 3.8) is 0 Å². The molecular weight excluding hydrogens is 402 g/mol. The molecule has 0 radical (unpaired) electrons. The van der Waals surface area contributed by atoms with Crippen LogP contribution in [-0.2, 0) is 0 Å². The first-order valence-electron chi connectivity index (χ1n) is 9.52. The van der Waals surface area contributed by atoms with Crippen molar-refractivity contribution in [2.24, 2.45) is 10.7 Å². The SMILES string of the molecule is CN=CC(=CN)c1cc(C(=N)c2cc(N3CCC(F)(C#N)CC3)ncn2)c(N)cc1F. The van der Waals surface area contributed by atoms with Crippen LogP contribution in [0.15, 0.2) is 35.7 Å². The van der Waals surface area contributed by atoms with E-state index in [-0.39, 0.29) is 41.1 Å². The summed E-state index contributed by atoms with van der Waals surface area (Å²) in [6.45, 7) is 0.634.